The Hall–Kier alpha value is -1.89. The van der Waals surface area contributed by atoms with E-state index in [-0.39, 0.29) is 24.3 Å². The molecular formula is C19H33N5O2. The number of nitrogens with zero attached hydrogens (tertiary/aromatic N) is 3. The van der Waals surface area contributed by atoms with Crippen LogP contribution in [0.4, 0.5) is 0 Å². The number of nitrogens with one attached hydrogen (secondary N) is 2. The fourth-order valence-corrected chi connectivity index (χ4v) is 3.34. The standard InChI is InChI=1S/C19H33N5O2/c1-13(2)6-10-24-11-8-20-19(26)17(24)12-18(25)23(5)9-7-16-14(3)21-22-15(16)4/h13,17H,6-12H2,1-5H3,(H,20,26)(H,21,22)/t17-/m0/s1. The zero-order valence-corrected chi connectivity index (χ0v) is 16.8. The fraction of sp³-hybridized carbons (Fsp3) is 0.737. The van der Waals surface area contributed by atoms with E-state index < -0.39 is 0 Å². The quantitative estimate of drug-likeness (QED) is 0.729. The predicted molar refractivity (Wildman–Crippen MR) is 102 cm³/mol. The minimum Gasteiger partial charge on any atom is -0.353 e. The summed E-state index contributed by atoms with van der Waals surface area (Å²) in [5, 5.41) is 10.1. The van der Waals surface area contributed by atoms with Crippen LogP contribution in [0.5, 0.6) is 0 Å². The van der Waals surface area contributed by atoms with Crippen LogP contribution in [0.2, 0.25) is 0 Å². The fourth-order valence-electron chi connectivity index (χ4n) is 3.34. The van der Waals surface area contributed by atoms with E-state index in [2.05, 4.69) is 34.3 Å². The van der Waals surface area contributed by atoms with Crippen molar-refractivity contribution in [3.8, 4) is 0 Å². The monoisotopic (exact) mass is 363 g/mol. The van der Waals surface area contributed by atoms with Crippen molar-refractivity contribution in [3.63, 3.8) is 0 Å². The van der Waals surface area contributed by atoms with Gasteiger partial charge in [0, 0.05) is 32.4 Å². The lowest BCUT2D eigenvalue weighted by molar-refractivity contribution is -0.138. The molecule has 0 bridgehead atoms. The lowest BCUT2D eigenvalue weighted by atomic mass is 10.0. The van der Waals surface area contributed by atoms with Gasteiger partial charge in [0.25, 0.3) is 0 Å². The highest BCUT2D eigenvalue weighted by Gasteiger charge is 2.32. The Morgan fingerprint density at radius 1 is 1.38 bits per heavy atom. The van der Waals surface area contributed by atoms with Crippen LogP contribution in [0.3, 0.4) is 0 Å². The molecule has 146 valence electrons. The molecule has 7 nitrogen and oxygen atoms in total. The highest BCUT2D eigenvalue weighted by Crippen LogP contribution is 2.14. The zero-order chi connectivity index (χ0) is 19.3. The molecule has 1 fully saturated rings. The average molecular weight is 364 g/mol. The van der Waals surface area contributed by atoms with Crippen LogP contribution in [-0.4, -0.2) is 71.1 Å². The van der Waals surface area contributed by atoms with Gasteiger partial charge in [-0.3, -0.25) is 19.6 Å². The second kappa shape index (κ2) is 9.16. The Bertz CT molecular complexity index is 606. The van der Waals surface area contributed by atoms with Crippen LogP contribution in [0.25, 0.3) is 0 Å². The van der Waals surface area contributed by atoms with Crippen molar-refractivity contribution in [1.29, 1.82) is 0 Å². The van der Waals surface area contributed by atoms with Crippen molar-refractivity contribution in [2.75, 3.05) is 33.2 Å². The van der Waals surface area contributed by atoms with Crippen LogP contribution in [-0.2, 0) is 16.0 Å². The molecule has 2 rings (SSSR count). The molecule has 1 aromatic heterocycles. The third-order valence-electron chi connectivity index (χ3n) is 5.21. The van der Waals surface area contributed by atoms with Gasteiger partial charge in [0.05, 0.1) is 18.2 Å². The van der Waals surface area contributed by atoms with E-state index >= 15 is 0 Å². The number of carbonyl (C=O) groups excluding carboxylic acids is 2. The van der Waals surface area contributed by atoms with Gasteiger partial charge in [0.1, 0.15) is 0 Å². The Balaban J connectivity index is 1.91. The number of carbonyl (C=O) groups is 2. The second-order valence-electron chi connectivity index (χ2n) is 7.71. The molecule has 2 amide bonds. The van der Waals surface area contributed by atoms with E-state index in [0.29, 0.717) is 19.0 Å². The third kappa shape index (κ3) is 5.30. The molecule has 0 aliphatic carbocycles. The predicted octanol–water partition coefficient (Wildman–Crippen LogP) is 1.26. The first-order valence-corrected chi connectivity index (χ1v) is 9.55. The molecular weight excluding hydrogens is 330 g/mol. The Morgan fingerprint density at radius 3 is 2.73 bits per heavy atom. The van der Waals surface area contributed by atoms with Gasteiger partial charge >= 0.3 is 0 Å². The van der Waals surface area contributed by atoms with Crippen LogP contribution < -0.4 is 5.32 Å². The van der Waals surface area contributed by atoms with Crippen molar-refractivity contribution in [2.24, 2.45) is 5.92 Å². The van der Waals surface area contributed by atoms with Crippen LogP contribution in [0.15, 0.2) is 0 Å². The molecule has 1 atom stereocenters. The molecule has 2 N–H and O–H groups in total. The van der Waals surface area contributed by atoms with Crippen molar-refractivity contribution >= 4 is 11.8 Å². The molecule has 0 aromatic carbocycles. The average Bonchev–Trinajstić information content (AvgIpc) is 2.91. The molecule has 26 heavy (non-hydrogen) atoms. The maximum absolute atomic E-state index is 12.7. The number of aromatic amines is 1. The number of piperazine rings is 1. The van der Waals surface area contributed by atoms with Crippen molar-refractivity contribution in [2.45, 2.75) is 53.0 Å². The zero-order valence-electron chi connectivity index (χ0n) is 16.8. The molecule has 0 saturated carbocycles. The van der Waals surface area contributed by atoms with E-state index in [9.17, 15) is 9.59 Å². The second-order valence-corrected chi connectivity index (χ2v) is 7.71. The summed E-state index contributed by atoms with van der Waals surface area (Å²) in [6.07, 6.45) is 2.04. The van der Waals surface area contributed by atoms with Crippen molar-refractivity contribution in [3.05, 3.63) is 17.0 Å². The molecule has 1 saturated heterocycles. The SMILES string of the molecule is Cc1n[nH]c(C)c1CCN(C)C(=O)C[C@H]1C(=O)NCCN1CCC(C)C. The first-order valence-electron chi connectivity index (χ1n) is 9.55. The summed E-state index contributed by atoms with van der Waals surface area (Å²) in [5.74, 6) is 0.573. The minimum absolute atomic E-state index is 0.0143. The molecule has 7 heteroatoms. The molecule has 1 aliphatic heterocycles. The first kappa shape index (κ1) is 20.4. The molecule has 0 radical (unpaired) electrons. The third-order valence-corrected chi connectivity index (χ3v) is 5.21. The van der Waals surface area contributed by atoms with Crippen LogP contribution in [0, 0.1) is 19.8 Å². The summed E-state index contributed by atoms with van der Waals surface area (Å²) in [6, 6.07) is -0.352. The normalized spacial score (nSPS) is 18.2. The summed E-state index contributed by atoms with van der Waals surface area (Å²) in [5.41, 5.74) is 3.20. The number of hydrogen-bond acceptors (Lipinski definition) is 4. The first-order chi connectivity index (χ1) is 12.3. The number of aromatic nitrogens is 2. The Labute approximate surface area is 156 Å². The largest absolute Gasteiger partial charge is 0.353 e. The smallest absolute Gasteiger partial charge is 0.237 e. The summed E-state index contributed by atoms with van der Waals surface area (Å²) in [6.45, 7) is 11.3. The number of H-pyrrole nitrogens is 1. The van der Waals surface area contributed by atoms with Crippen LogP contribution >= 0.6 is 0 Å². The Kier molecular flexibility index (Phi) is 7.20. The summed E-state index contributed by atoms with van der Waals surface area (Å²) >= 11 is 0. The van der Waals surface area contributed by atoms with E-state index in [1.54, 1.807) is 4.90 Å². The van der Waals surface area contributed by atoms with Gasteiger partial charge in [-0.2, -0.15) is 5.10 Å². The number of hydrogen-bond donors (Lipinski definition) is 2. The van der Waals surface area contributed by atoms with E-state index in [0.717, 1.165) is 37.3 Å². The van der Waals surface area contributed by atoms with Gasteiger partial charge in [0.2, 0.25) is 11.8 Å². The molecule has 0 spiro atoms. The maximum Gasteiger partial charge on any atom is 0.237 e. The highest BCUT2D eigenvalue weighted by molar-refractivity contribution is 5.88. The van der Waals surface area contributed by atoms with Gasteiger partial charge in [-0.05, 0) is 44.7 Å². The molecule has 0 unspecified atom stereocenters. The number of likely N-dealkylation sites (N-methyl/N-ethyl adjacent to an activating group) is 1. The molecule has 2 heterocycles. The molecule has 1 aromatic rings. The van der Waals surface area contributed by atoms with Crippen LogP contribution in [0.1, 0.15) is 43.6 Å². The van der Waals surface area contributed by atoms with Gasteiger partial charge in [-0.15, -0.1) is 0 Å². The maximum atomic E-state index is 12.7. The summed E-state index contributed by atoms with van der Waals surface area (Å²) < 4.78 is 0. The van der Waals surface area contributed by atoms with E-state index in [1.807, 2.05) is 20.9 Å². The topological polar surface area (TPSA) is 81.3 Å². The van der Waals surface area contributed by atoms with E-state index in [4.69, 9.17) is 0 Å². The lowest BCUT2D eigenvalue weighted by Gasteiger charge is -2.35. The minimum atomic E-state index is -0.352. The van der Waals surface area contributed by atoms with E-state index in [1.165, 1.54) is 5.56 Å². The number of aryl methyl sites for hydroxylation is 2. The van der Waals surface area contributed by atoms with Gasteiger partial charge < -0.3 is 10.2 Å². The van der Waals surface area contributed by atoms with Crippen molar-refractivity contribution in [1.82, 2.24) is 25.3 Å². The number of amides is 2. The highest BCUT2D eigenvalue weighted by atomic mass is 16.2. The van der Waals surface area contributed by atoms with Gasteiger partial charge in [-0.1, -0.05) is 13.8 Å². The van der Waals surface area contributed by atoms with Gasteiger partial charge in [-0.25, -0.2) is 0 Å². The lowest BCUT2D eigenvalue weighted by Crippen LogP contribution is -2.56. The summed E-state index contributed by atoms with van der Waals surface area (Å²) in [4.78, 5) is 28.9. The van der Waals surface area contributed by atoms with Gasteiger partial charge in [0.15, 0.2) is 0 Å². The molecule has 1 aliphatic rings. The number of rotatable bonds is 8. The summed E-state index contributed by atoms with van der Waals surface area (Å²) in [7, 11) is 1.81. The van der Waals surface area contributed by atoms with Crippen molar-refractivity contribution < 1.29 is 9.59 Å². The Morgan fingerprint density at radius 2 is 2.12 bits per heavy atom.